The molecule has 2 aliphatic carbocycles. The maximum atomic E-state index is 12.9. The van der Waals surface area contributed by atoms with Crippen LogP contribution in [0.4, 0.5) is 13.2 Å². The Labute approximate surface area is 176 Å². The van der Waals surface area contributed by atoms with Crippen LogP contribution in [0, 0.1) is 11.8 Å². The van der Waals surface area contributed by atoms with Crippen LogP contribution in [0.2, 0.25) is 0 Å². The van der Waals surface area contributed by atoms with Gasteiger partial charge in [0.15, 0.2) is 11.4 Å². The van der Waals surface area contributed by atoms with Crippen LogP contribution in [0.5, 0.6) is 0 Å². The number of Topliss-reactive ketones (excluding diaryl/α,β-unsaturated/α-hetero) is 1. The summed E-state index contributed by atoms with van der Waals surface area (Å²) in [6.07, 6.45) is 0.923. The molecular formula is C19H17Br2F3N2O2. The molecule has 0 amide bonds. The lowest BCUT2D eigenvalue weighted by Gasteiger charge is -2.30. The Hall–Kier alpha value is -1.32. The fourth-order valence-electron chi connectivity index (χ4n) is 2.84. The van der Waals surface area contributed by atoms with Gasteiger partial charge in [0.05, 0.1) is 0 Å². The molecular weight excluding hydrogens is 505 g/mol. The third-order valence-corrected chi connectivity index (χ3v) is 5.67. The Morgan fingerprint density at radius 1 is 0.964 bits per heavy atom. The van der Waals surface area contributed by atoms with Crippen molar-refractivity contribution in [2.45, 2.75) is 37.5 Å². The lowest BCUT2D eigenvalue weighted by Crippen LogP contribution is -2.44. The molecule has 2 heterocycles. The molecule has 1 unspecified atom stereocenters. The van der Waals surface area contributed by atoms with Crippen molar-refractivity contribution in [3.05, 3.63) is 57.0 Å². The molecule has 0 aliphatic heterocycles. The van der Waals surface area contributed by atoms with Crippen LogP contribution in [0.3, 0.4) is 0 Å². The summed E-state index contributed by atoms with van der Waals surface area (Å²) in [5.74, 6) is -0.210. The van der Waals surface area contributed by atoms with E-state index in [-0.39, 0.29) is 17.3 Å². The number of rotatable bonds is 4. The summed E-state index contributed by atoms with van der Waals surface area (Å²) >= 11 is 6.27. The van der Waals surface area contributed by atoms with E-state index in [1.807, 2.05) is 6.07 Å². The van der Waals surface area contributed by atoms with Gasteiger partial charge in [-0.3, -0.25) is 4.79 Å². The Balaban J connectivity index is 0.000000167. The first-order valence-electron chi connectivity index (χ1n) is 8.70. The molecule has 1 atom stereocenters. The SMILES string of the molecule is O=C(c1ccc(Br)nc1)C1CC1.OC(c1ccc(Br)nc1)(C1CC1)C(F)(F)F. The van der Waals surface area contributed by atoms with E-state index >= 15 is 0 Å². The average molecular weight is 522 g/mol. The number of aromatic nitrogens is 2. The number of nitrogens with zero attached hydrogens (tertiary/aromatic N) is 2. The number of halogens is 5. The molecule has 0 radical (unpaired) electrons. The van der Waals surface area contributed by atoms with Crippen LogP contribution in [0.25, 0.3) is 0 Å². The third kappa shape index (κ3) is 4.80. The largest absolute Gasteiger partial charge is 0.421 e. The monoisotopic (exact) mass is 520 g/mol. The van der Waals surface area contributed by atoms with Gasteiger partial charge >= 0.3 is 6.18 Å². The van der Waals surface area contributed by atoms with E-state index < -0.39 is 17.7 Å². The van der Waals surface area contributed by atoms with E-state index in [4.69, 9.17) is 0 Å². The number of aliphatic hydroxyl groups is 1. The van der Waals surface area contributed by atoms with Crippen molar-refractivity contribution in [1.82, 2.24) is 9.97 Å². The Morgan fingerprint density at radius 3 is 1.93 bits per heavy atom. The van der Waals surface area contributed by atoms with E-state index in [0.717, 1.165) is 29.2 Å². The molecule has 150 valence electrons. The van der Waals surface area contributed by atoms with Crippen molar-refractivity contribution in [1.29, 1.82) is 0 Å². The highest BCUT2D eigenvalue weighted by molar-refractivity contribution is 9.10. The van der Waals surface area contributed by atoms with Gasteiger partial charge < -0.3 is 5.11 Å². The maximum absolute atomic E-state index is 12.9. The van der Waals surface area contributed by atoms with Gasteiger partial charge in [-0.2, -0.15) is 13.2 Å². The summed E-state index contributed by atoms with van der Waals surface area (Å²) in [5, 5.41) is 9.87. The van der Waals surface area contributed by atoms with Crippen LogP contribution >= 0.6 is 31.9 Å². The van der Waals surface area contributed by atoms with Crippen molar-refractivity contribution < 1.29 is 23.1 Å². The minimum absolute atomic E-state index is 0.189. The quantitative estimate of drug-likeness (QED) is 0.430. The van der Waals surface area contributed by atoms with Crippen molar-refractivity contribution >= 4 is 37.6 Å². The normalized spacial score (nSPS) is 18.6. The standard InChI is InChI=1S/C10H9BrF3NO.C9H8BrNO/c11-8-4-3-7(5-15-8)9(16,6-1-2-6)10(12,13)14;10-8-4-3-7(5-11-8)9(12)6-1-2-6/h3-6,16H,1-2H2;3-6H,1-2H2. The van der Waals surface area contributed by atoms with Crippen LogP contribution in [0.15, 0.2) is 45.9 Å². The zero-order valence-electron chi connectivity index (χ0n) is 14.6. The molecule has 2 fully saturated rings. The molecule has 4 rings (SSSR count). The molecule has 2 saturated carbocycles. The van der Waals surface area contributed by atoms with Crippen molar-refractivity contribution in [3.8, 4) is 0 Å². The summed E-state index contributed by atoms with van der Waals surface area (Å²) in [5.41, 5.74) is -2.20. The molecule has 2 aromatic rings. The fourth-order valence-corrected chi connectivity index (χ4v) is 3.31. The number of hydrogen-bond donors (Lipinski definition) is 1. The van der Waals surface area contributed by atoms with Crippen molar-refractivity contribution in [2.75, 3.05) is 0 Å². The van der Waals surface area contributed by atoms with Gasteiger partial charge in [0.25, 0.3) is 0 Å². The van der Waals surface area contributed by atoms with Gasteiger partial charge in [0.1, 0.15) is 9.21 Å². The number of ketones is 1. The summed E-state index contributed by atoms with van der Waals surface area (Å²) in [7, 11) is 0. The lowest BCUT2D eigenvalue weighted by atomic mass is 9.89. The van der Waals surface area contributed by atoms with Gasteiger partial charge in [-0.15, -0.1) is 0 Å². The average Bonchev–Trinajstić information content (AvgIpc) is 3.54. The van der Waals surface area contributed by atoms with Crippen LogP contribution in [0.1, 0.15) is 41.6 Å². The van der Waals surface area contributed by atoms with Gasteiger partial charge in [-0.25, -0.2) is 9.97 Å². The van der Waals surface area contributed by atoms with Crippen LogP contribution < -0.4 is 0 Å². The molecule has 2 aliphatic rings. The maximum Gasteiger partial charge on any atom is 0.421 e. The molecule has 1 N–H and O–H groups in total. The summed E-state index contributed by atoms with van der Waals surface area (Å²) in [6, 6.07) is 6.27. The lowest BCUT2D eigenvalue weighted by molar-refractivity contribution is -0.275. The second kappa shape index (κ2) is 8.20. The van der Waals surface area contributed by atoms with E-state index in [0.29, 0.717) is 17.4 Å². The predicted octanol–water partition coefficient (Wildman–Crippen LogP) is 5.44. The molecule has 28 heavy (non-hydrogen) atoms. The molecule has 9 heteroatoms. The van der Waals surface area contributed by atoms with Crippen molar-refractivity contribution in [2.24, 2.45) is 11.8 Å². The number of hydrogen-bond acceptors (Lipinski definition) is 4. The number of alkyl halides is 3. The zero-order valence-corrected chi connectivity index (χ0v) is 17.8. The molecule has 0 saturated heterocycles. The Morgan fingerprint density at radius 2 is 1.54 bits per heavy atom. The van der Waals surface area contributed by atoms with E-state index in [2.05, 4.69) is 41.8 Å². The zero-order chi connectivity index (χ0) is 20.5. The van der Waals surface area contributed by atoms with Gasteiger partial charge in [-0.05, 0) is 75.7 Å². The minimum atomic E-state index is -4.66. The third-order valence-electron chi connectivity index (χ3n) is 4.73. The van der Waals surface area contributed by atoms with Crippen LogP contribution in [-0.4, -0.2) is 27.0 Å². The van der Waals surface area contributed by atoms with Crippen molar-refractivity contribution in [3.63, 3.8) is 0 Å². The smallest absolute Gasteiger partial charge is 0.376 e. The fraction of sp³-hybridized carbons (Fsp3) is 0.421. The highest BCUT2D eigenvalue weighted by atomic mass is 79.9. The Bertz CT molecular complexity index is 836. The second-order valence-corrected chi connectivity index (χ2v) is 8.54. The molecule has 0 aromatic carbocycles. The first-order valence-corrected chi connectivity index (χ1v) is 10.3. The first-order chi connectivity index (χ1) is 13.1. The first kappa shape index (κ1) is 21.4. The molecule has 0 spiro atoms. The topological polar surface area (TPSA) is 63.1 Å². The minimum Gasteiger partial charge on any atom is -0.376 e. The van der Waals surface area contributed by atoms with Crippen LogP contribution in [-0.2, 0) is 5.60 Å². The number of pyridine rings is 2. The van der Waals surface area contributed by atoms with E-state index in [1.165, 1.54) is 12.1 Å². The highest BCUT2D eigenvalue weighted by Gasteiger charge is 2.62. The van der Waals surface area contributed by atoms with Gasteiger partial charge in [0, 0.05) is 35.4 Å². The molecule has 4 nitrogen and oxygen atoms in total. The summed E-state index contributed by atoms with van der Waals surface area (Å²) < 4.78 is 39.9. The second-order valence-electron chi connectivity index (χ2n) is 6.92. The molecule has 2 aromatic heterocycles. The Kier molecular flexibility index (Phi) is 6.26. The summed E-state index contributed by atoms with van der Waals surface area (Å²) in [6.45, 7) is 0. The highest BCUT2D eigenvalue weighted by Crippen LogP contribution is 2.54. The molecule has 0 bridgehead atoms. The predicted molar refractivity (Wildman–Crippen MR) is 104 cm³/mol. The number of carbonyl (C=O) groups is 1. The van der Waals surface area contributed by atoms with Gasteiger partial charge in [0.2, 0.25) is 0 Å². The van der Waals surface area contributed by atoms with Gasteiger partial charge in [-0.1, -0.05) is 6.07 Å². The van der Waals surface area contributed by atoms with E-state index in [9.17, 15) is 23.1 Å². The number of carbonyl (C=O) groups excluding carboxylic acids is 1. The summed E-state index contributed by atoms with van der Waals surface area (Å²) in [4.78, 5) is 19.2. The van der Waals surface area contributed by atoms with E-state index in [1.54, 1.807) is 12.3 Å².